The van der Waals surface area contributed by atoms with Crippen molar-refractivity contribution in [2.75, 3.05) is 0 Å². The van der Waals surface area contributed by atoms with Crippen molar-refractivity contribution in [2.24, 2.45) is 0 Å². The maximum atomic E-state index is 6.39. The van der Waals surface area contributed by atoms with Crippen molar-refractivity contribution in [3.05, 3.63) is 182 Å². The molecule has 1 nitrogen and oxygen atoms in total. The van der Waals surface area contributed by atoms with Crippen LogP contribution in [0.2, 0.25) is 0 Å². The Morgan fingerprint density at radius 3 is 1.35 bits per heavy atom. The Bertz CT molecular complexity index is 2780. The van der Waals surface area contributed by atoms with Gasteiger partial charge in [-0.15, -0.1) is 0 Å². The zero-order valence-corrected chi connectivity index (χ0v) is 26.7. The molecule has 0 spiro atoms. The Balaban J connectivity index is 1.14. The first kappa shape index (κ1) is 27.7. The minimum atomic E-state index is 0.914. The first-order chi connectivity index (χ1) is 24.3. The van der Waals surface area contributed by atoms with Gasteiger partial charge in [0.15, 0.2) is 0 Å². The van der Waals surface area contributed by atoms with Gasteiger partial charge >= 0.3 is 0 Å². The van der Waals surface area contributed by atoms with Crippen LogP contribution in [0.1, 0.15) is 0 Å². The summed E-state index contributed by atoms with van der Waals surface area (Å²) >= 11 is 0. The highest BCUT2D eigenvalue weighted by Gasteiger charge is 2.18. The largest absolute Gasteiger partial charge is 0.456 e. The molecule has 0 aliphatic carbocycles. The van der Waals surface area contributed by atoms with Crippen LogP contribution in [0, 0.1) is 0 Å². The number of rotatable bonds is 4. The topological polar surface area (TPSA) is 13.1 Å². The van der Waals surface area contributed by atoms with E-state index in [4.69, 9.17) is 4.42 Å². The molecule has 10 rings (SSSR count). The summed E-state index contributed by atoms with van der Waals surface area (Å²) in [6.45, 7) is 0. The van der Waals surface area contributed by atoms with E-state index in [1.165, 1.54) is 87.6 Å². The molecule has 228 valence electrons. The van der Waals surface area contributed by atoms with E-state index in [0.29, 0.717) is 0 Å². The summed E-state index contributed by atoms with van der Waals surface area (Å²) in [5, 5.41) is 9.81. The molecule has 0 amide bonds. The lowest BCUT2D eigenvalue weighted by molar-refractivity contribution is 0.669. The van der Waals surface area contributed by atoms with Gasteiger partial charge in [-0.2, -0.15) is 0 Å². The fraction of sp³-hybridized carbons (Fsp3) is 0. The van der Waals surface area contributed by atoms with E-state index in [2.05, 4.69) is 182 Å². The summed E-state index contributed by atoms with van der Waals surface area (Å²) in [4.78, 5) is 0. The molecule has 0 saturated carbocycles. The smallest absolute Gasteiger partial charge is 0.136 e. The van der Waals surface area contributed by atoms with Crippen molar-refractivity contribution >= 4 is 54.3 Å². The van der Waals surface area contributed by atoms with Crippen LogP contribution in [0.15, 0.2) is 186 Å². The number of hydrogen-bond donors (Lipinski definition) is 0. The standard InChI is InChI=1S/C48H30O/c1-2-11-31(12-3-1)32-21-25-35(26-22-32)45-39-15-6-8-17-41(39)46(42-18-9-7-16-40(42)45)36-27-23-34(24-28-36)38-19-10-20-43-47(38)48-37-14-5-4-13-33(37)29-30-44(48)49-43/h1-30H. The highest BCUT2D eigenvalue weighted by Crippen LogP contribution is 2.45. The average Bonchev–Trinajstić information content (AvgIpc) is 3.57. The van der Waals surface area contributed by atoms with Crippen LogP contribution in [0.4, 0.5) is 0 Å². The molecule has 0 saturated heterocycles. The molecule has 9 aromatic carbocycles. The Hall–Kier alpha value is -6.44. The molecular formula is C48H30O. The van der Waals surface area contributed by atoms with E-state index >= 15 is 0 Å². The predicted molar refractivity (Wildman–Crippen MR) is 208 cm³/mol. The van der Waals surface area contributed by atoms with E-state index in [-0.39, 0.29) is 0 Å². The first-order valence-electron chi connectivity index (χ1n) is 16.8. The summed E-state index contributed by atoms with van der Waals surface area (Å²) in [7, 11) is 0. The van der Waals surface area contributed by atoms with Crippen LogP contribution in [-0.4, -0.2) is 0 Å². The zero-order chi connectivity index (χ0) is 32.3. The van der Waals surface area contributed by atoms with Gasteiger partial charge in [-0.05, 0) is 89.0 Å². The normalized spacial score (nSPS) is 11.7. The number of benzene rings is 9. The zero-order valence-electron chi connectivity index (χ0n) is 26.7. The van der Waals surface area contributed by atoms with Gasteiger partial charge in [0, 0.05) is 10.8 Å². The molecule has 1 heterocycles. The Morgan fingerprint density at radius 2 is 0.735 bits per heavy atom. The summed E-state index contributed by atoms with van der Waals surface area (Å²) in [6.07, 6.45) is 0. The maximum absolute atomic E-state index is 6.39. The second-order valence-electron chi connectivity index (χ2n) is 12.8. The first-order valence-corrected chi connectivity index (χ1v) is 16.8. The van der Waals surface area contributed by atoms with E-state index < -0.39 is 0 Å². The molecule has 0 radical (unpaired) electrons. The van der Waals surface area contributed by atoms with Crippen LogP contribution in [0.5, 0.6) is 0 Å². The third-order valence-electron chi connectivity index (χ3n) is 10.1. The fourth-order valence-corrected chi connectivity index (χ4v) is 7.85. The Kier molecular flexibility index (Phi) is 6.25. The van der Waals surface area contributed by atoms with E-state index in [9.17, 15) is 0 Å². The maximum Gasteiger partial charge on any atom is 0.136 e. The van der Waals surface area contributed by atoms with Gasteiger partial charge in [-0.3, -0.25) is 0 Å². The van der Waals surface area contributed by atoms with Gasteiger partial charge in [-0.1, -0.05) is 170 Å². The van der Waals surface area contributed by atoms with Crippen molar-refractivity contribution in [3.8, 4) is 44.5 Å². The van der Waals surface area contributed by atoms with Crippen molar-refractivity contribution < 1.29 is 4.42 Å². The van der Waals surface area contributed by atoms with E-state index in [0.717, 1.165) is 11.2 Å². The van der Waals surface area contributed by atoms with Crippen LogP contribution >= 0.6 is 0 Å². The molecule has 0 aliphatic heterocycles. The molecule has 49 heavy (non-hydrogen) atoms. The molecule has 0 atom stereocenters. The van der Waals surface area contributed by atoms with Crippen LogP contribution < -0.4 is 0 Å². The summed E-state index contributed by atoms with van der Waals surface area (Å²) < 4.78 is 6.39. The van der Waals surface area contributed by atoms with Gasteiger partial charge in [0.1, 0.15) is 11.2 Å². The second kappa shape index (κ2) is 11.1. The van der Waals surface area contributed by atoms with Gasteiger partial charge < -0.3 is 4.42 Å². The Labute approximate surface area is 284 Å². The van der Waals surface area contributed by atoms with E-state index in [1.807, 2.05) is 0 Å². The molecule has 0 unspecified atom stereocenters. The van der Waals surface area contributed by atoms with Gasteiger partial charge in [0.05, 0.1) is 0 Å². The number of fused-ring (bicyclic) bond motifs is 7. The number of furan rings is 1. The van der Waals surface area contributed by atoms with Crippen LogP contribution in [0.3, 0.4) is 0 Å². The minimum Gasteiger partial charge on any atom is -0.456 e. The molecule has 10 aromatic rings. The summed E-state index contributed by atoms with van der Waals surface area (Å²) in [6, 6.07) is 65.7. The average molecular weight is 623 g/mol. The summed E-state index contributed by atoms with van der Waals surface area (Å²) in [5.74, 6) is 0. The van der Waals surface area contributed by atoms with Crippen molar-refractivity contribution in [1.29, 1.82) is 0 Å². The molecule has 0 aliphatic rings. The van der Waals surface area contributed by atoms with Crippen molar-refractivity contribution in [3.63, 3.8) is 0 Å². The third kappa shape index (κ3) is 4.40. The molecule has 1 aromatic heterocycles. The second-order valence-corrected chi connectivity index (χ2v) is 12.8. The molecule has 0 N–H and O–H groups in total. The Morgan fingerprint density at radius 1 is 0.265 bits per heavy atom. The molecule has 1 heteroatoms. The highest BCUT2D eigenvalue weighted by molar-refractivity contribution is 6.23. The van der Waals surface area contributed by atoms with Crippen molar-refractivity contribution in [2.45, 2.75) is 0 Å². The van der Waals surface area contributed by atoms with E-state index in [1.54, 1.807) is 0 Å². The molecular weight excluding hydrogens is 593 g/mol. The van der Waals surface area contributed by atoms with Gasteiger partial charge in [-0.25, -0.2) is 0 Å². The van der Waals surface area contributed by atoms with Crippen molar-refractivity contribution in [1.82, 2.24) is 0 Å². The summed E-state index contributed by atoms with van der Waals surface area (Å²) in [5.41, 5.74) is 11.6. The van der Waals surface area contributed by atoms with Gasteiger partial charge in [0.2, 0.25) is 0 Å². The highest BCUT2D eigenvalue weighted by atomic mass is 16.3. The fourth-order valence-electron chi connectivity index (χ4n) is 7.85. The minimum absolute atomic E-state index is 0.914. The molecule has 0 bridgehead atoms. The van der Waals surface area contributed by atoms with Crippen LogP contribution in [-0.2, 0) is 0 Å². The third-order valence-corrected chi connectivity index (χ3v) is 10.1. The quantitative estimate of drug-likeness (QED) is 0.178. The van der Waals surface area contributed by atoms with Gasteiger partial charge in [0.25, 0.3) is 0 Å². The van der Waals surface area contributed by atoms with Crippen LogP contribution in [0.25, 0.3) is 98.8 Å². The lowest BCUT2D eigenvalue weighted by Crippen LogP contribution is -1.91. The monoisotopic (exact) mass is 622 g/mol. The lowest BCUT2D eigenvalue weighted by Gasteiger charge is -2.18. The predicted octanol–water partition coefficient (Wildman–Crippen LogP) is 13.7. The number of hydrogen-bond acceptors (Lipinski definition) is 1. The molecule has 0 fully saturated rings. The lowest BCUT2D eigenvalue weighted by atomic mass is 9.85. The SMILES string of the molecule is c1ccc(-c2ccc(-c3c4ccccc4c(-c4ccc(-c5cccc6oc7ccc8ccccc8c7c56)cc4)c4ccccc34)cc2)cc1.